The van der Waals surface area contributed by atoms with E-state index < -0.39 is 55.1 Å². The molecule has 2 rings (SSSR count). The number of hydrogen-bond donors (Lipinski definition) is 3. The fourth-order valence-electron chi connectivity index (χ4n) is 3.70. The summed E-state index contributed by atoms with van der Waals surface area (Å²) in [6, 6.07) is -0.775. The summed E-state index contributed by atoms with van der Waals surface area (Å²) in [5.41, 5.74) is 9.02. The highest BCUT2D eigenvalue weighted by Gasteiger charge is 2.49. The summed E-state index contributed by atoms with van der Waals surface area (Å²) in [5.74, 6) is -0.912. The van der Waals surface area contributed by atoms with Crippen LogP contribution in [0.25, 0.3) is 10.4 Å². The van der Waals surface area contributed by atoms with Crippen molar-refractivity contribution in [2.45, 2.75) is 76.8 Å². The molecule has 0 spiro atoms. The van der Waals surface area contributed by atoms with E-state index in [-0.39, 0.29) is 18.4 Å². The normalized spacial score (nSPS) is 43.0. The third-order valence-corrected chi connectivity index (χ3v) is 5.61. The Labute approximate surface area is 176 Å². The fraction of sp³-hybridized carbons (Fsp3) is 0.938. The average Bonchev–Trinajstić information content (AvgIpc) is 2.70. The van der Waals surface area contributed by atoms with Gasteiger partial charge in [0.2, 0.25) is 13.4 Å². The van der Waals surface area contributed by atoms with Gasteiger partial charge in [0, 0.05) is 17.8 Å². The highest BCUT2D eigenvalue weighted by molar-refractivity contribution is 8.15. The summed E-state index contributed by atoms with van der Waals surface area (Å²) in [4.78, 5) is 2.89. The lowest BCUT2D eigenvalue weighted by atomic mass is 9.88. The van der Waals surface area contributed by atoms with Crippen LogP contribution in [0, 0.1) is 17.2 Å². The van der Waals surface area contributed by atoms with Gasteiger partial charge < -0.3 is 33.3 Å². The zero-order valence-corrected chi connectivity index (χ0v) is 17.6. The van der Waals surface area contributed by atoms with Crippen LogP contribution in [0.3, 0.4) is 0 Å². The van der Waals surface area contributed by atoms with Crippen molar-refractivity contribution < 1.29 is 33.3 Å². The Morgan fingerprint density at radius 3 is 2.62 bits per heavy atom. The number of hydrogen-bond acceptors (Lipinski definition) is 10. The van der Waals surface area contributed by atoms with E-state index in [1.165, 1.54) is 6.92 Å². The molecule has 0 amide bonds. The van der Waals surface area contributed by atoms with E-state index in [9.17, 15) is 10.2 Å². The lowest BCUT2D eigenvalue weighted by Gasteiger charge is -2.47. The van der Waals surface area contributed by atoms with Gasteiger partial charge in [-0.25, -0.2) is 0 Å². The smallest absolute Gasteiger partial charge is 0.228 e. The SMILES string of the molecule is [3H][B]SO[C@H]1C(CO)O[C@@H](O[C@H]2C(C)O[C@@H](OC(C)=N)C(O)[C@@H]2C)C(N=[N+]=[N-])[C@H]1C. The molecule has 163 valence electrons. The average molecular weight is 433 g/mol. The van der Waals surface area contributed by atoms with Crippen LogP contribution in [0.4, 0.5) is 0 Å². The van der Waals surface area contributed by atoms with Crippen molar-refractivity contribution in [3.05, 3.63) is 10.4 Å². The maximum Gasteiger partial charge on any atom is 0.228 e. The van der Waals surface area contributed by atoms with E-state index in [1.54, 1.807) is 20.8 Å². The Bertz CT molecular complexity index is 634. The minimum absolute atomic E-state index is 0.0784. The van der Waals surface area contributed by atoms with Crippen LogP contribution in [-0.4, -0.2) is 80.3 Å². The first-order valence-corrected chi connectivity index (χ1v) is 10.1. The monoisotopic (exact) mass is 433 g/mol. The van der Waals surface area contributed by atoms with Gasteiger partial charge in [-0.05, 0) is 19.7 Å². The molecule has 0 aromatic carbocycles. The van der Waals surface area contributed by atoms with Gasteiger partial charge in [0.15, 0.2) is 12.2 Å². The maximum atomic E-state index is 10.5. The molecule has 0 aromatic rings. The van der Waals surface area contributed by atoms with Gasteiger partial charge in [-0.3, -0.25) is 5.41 Å². The molecule has 2 aliphatic heterocycles. The lowest BCUT2D eigenvalue weighted by molar-refractivity contribution is -0.317. The van der Waals surface area contributed by atoms with Crippen molar-refractivity contribution in [3.63, 3.8) is 0 Å². The predicted octanol–water partition coefficient (Wildman–Crippen LogP) is 1.01. The molecule has 2 saturated heterocycles. The summed E-state index contributed by atoms with van der Waals surface area (Å²) in [6.07, 6.45) is -5.61. The zero-order chi connectivity index (χ0) is 22.4. The second kappa shape index (κ2) is 10.8. The van der Waals surface area contributed by atoms with Crippen molar-refractivity contribution in [2.75, 3.05) is 6.61 Å². The van der Waals surface area contributed by atoms with E-state index in [4.69, 9.17) is 35.4 Å². The Balaban J connectivity index is 2.18. The molecule has 4 unspecified atom stereocenters. The summed E-state index contributed by atoms with van der Waals surface area (Å²) in [7, 11) is 1.00. The number of azide groups is 1. The highest BCUT2D eigenvalue weighted by Crippen LogP contribution is 2.36. The third kappa shape index (κ3) is 5.56. The van der Waals surface area contributed by atoms with Gasteiger partial charge >= 0.3 is 0 Å². The Kier molecular flexibility index (Phi) is 8.45. The molecule has 2 fully saturated rings. The van der Waals surface area contributed by atoms with Gasteiger partial charge in [0.05, 0.1) is 24.9 Å². The largest absolute Gasteiger partial charge is 0.450 e. The third-order valence-electron chi connectivity index (χ3n) is 5.27. The van der Waals surface area contributed by atoms with Gasteiger partial charge in [-0.1, -0.05) is 30.9 Å². The van der Waals surface area contributed by atoms with Crippen LogP contribution in [0.5, 0.6) is 0 Å². The number of ether oxygens (including phenoxy) is 4. The molecule has 0 saturated carbocycles. The van der Waals surface area contributed by atoms with E-state index >= 15 is 0 Å². The summed E-state index contributed by atoms with van der Waals surface area (Å²) < 4.78 is 35.5. The van der Waals surface area contributed by atoms with Crippen LogP contribution in [0.15, 0.2) is 5.11 Å². The molecule has 2 heterocycles. The summed E-state index contributed by atoms with van der Waals surface area (Å²) in [5, 5.41) is 31.5. The van der Waals surface area contributed by atoms with Crippen LogP contribution in [-0.2, 0) is 23.1 Å². The second-order valence-electron chi connectivity index (χ2n) is 7.27. The zero-order valence-electron chi connectivity index (χ0n) is 17.7. The molecule has 10 atom stereocenters. The highest BCUT2D eigenvalue weighted by atomic mass is 32.2. The standard InChI is InChI=1S/C16H28BN4O7S/c1-6-11(20-21-19)15(26-10(5-22)14(6)28-29-17)27-13-7(2)12(23)16(24-8(13)3)25-9(4)18/h6-8,10-18,22-23H,5H2,1-4H3/t6-,7+,8?,10?,11?,12?,13-,14-,15+,16+/m1/s1/i17T. The quantitative estimate of drug-likeness (QED) is 0.0973. The minimum Gasteiger partial charge on any atom is -0.450 e. The van der Waals surface area contributed by atoms with Gasteiger partial charge in [0.1, 0.15) is 18.3 Å². The minimum atomic E-state index is -1.06. The summed E-state index contributed by atoms with van der Waals surface area (Å²) >= 11 is 0.791. The Morgan fingerprint density at radius 2 is 2.03 bits per heavy atom. The number of aliphatic hydroxyl groups is 2. The molecule has 0 aliphatic carbocycles. The van der Waals surface area contributed by atoms with E-state index in [0.717, 1.165) is 19.0 Å². The first-order valence-electron chi connectivity index (χ1n) is 9.86. The van der Waals surface area contributed by atoms with E-state index in [2.05, 4.69) is 10.0 Å². The topological polar surface area (TPSA) is 159 Å². The Hall–Kier alpha value is -1.05. The molecule has 3 N–H and O–H groups in total. The van der Waals surface area contributed by atoms with Crippen LogP contribution >= 0.6 is 11.9 Å². The number of aliphatic hydroxyl groups excluding tert-OH is 2. The molecular weight excluding hydrogens is 403 g/mol. The van der Waals surface area contributed by atoms with Gasteiger partial charge in [0.25, 0.3) is 0 Å². The van der Waals surface area contributed by atoms with E-state index in [1.807, 2.05) is 0 Å². The van der Waals surface area contributed by atoms with Crippen molar-refractivity contribution in [2.24, 2.45) is 17.0 Å². The number of nitrogens with zero attached hydrogens (tertiary/aromatic N) is 3. The van der Waals surface area contributed by atoms with Crippen molar-refractivity contribution >= 4 is 24.9 Å². The molecule has 1 radical (unpaired) electrons. The van der Waals surface area contributed by atoms with Gasteiger partial charge in [-0.2, -0.15) is 0 Å². The predicted molar refractivity (Wildman–Crippen MR) is 106 cm³/mol. The lowest BCUT2D eigenvalue weighted by Crippen LogP contribution is -2.59. The number of rotatable bonds is 8. The Morgan fingerprint density at radius 1 is 1.31 bits per heavy atom. The molecule has 13 heteroatoms. The number of nitrogens with one attached hydrogen (secondary N) is 1. The maximum absolute atomic E-state index is 10.5. The molecule has 2 aliphatic rings. The van der Waals surface area contributed by atoms with Crippen LogP contribution < -0.4 is 0 Å². The van der Waals surface area contributed by atoms with Crippen molar-refractivity contribution in [3.8, 4) is 0 Å². The van der Waals surface area contributed by atoms with Crippen molar-refractivity contribution in [1.82, 2.24) is 0 Å². The molecular formula is C16H28BN4O7S. The second-order valence-corrected chi connectivity index (χ2v) is 7.66. The first kappa shape index (κ1) is 22.6. The molecule has 11 nitrogen and oxygen atoms in total. The summed E-state index contributed by atoms with van der Waals surface area (Å²) in [6.45, 7) is 6.37. The molecule has 0 bridgehead atoms. The molecule has 0 aromatic heterocycles. The van der Waals surface area contributed by atoms with E-state index in [0.29, 0.717) is 0 Å². The van der Waals surface area contributed by atoms with Crippen molar-refractivity contribution in [1.29, 1.82) is 6.74 Å². The van der Waals surface area contributed by atoms with Gasteiger partial charge in [-0.15, -0.1) is 0 Å². The fourth-order valence-corrected chi connectivity index (χ4v) is 4.13. The first-order chi connectivity index (χ1) is 14.2. The van der Waals surface area contributed by atoms with Crippen LogP contribution in [0.2, 0.25) is 0 Å². The molecule has 29 heavy (non-hydrogen) atoms. The van der Waals surface area contributed by atoms with Crippen LogP contribution in [0.1, 0.15) is 27.7 Å².